The van der Waals surface area contributed by atoms with E-state index in [-0.39, 0.29) is 11.8 Å². The topological polar surface area (TPSA) is 68.0 Å². The average Bonchev–Trinajstić information content (AvgIpc) is 2.35. The highest BCUT2D eigenvalue weighted by molar-refractivity contribution is 5.91. The monoisotopic (exact) mass is 245 g/mol. The molecule has 4 heteroatoms. The molecule has 0 aliphatic heterocycles. The van der Waals surface area contributed by atoms with E-state index in [0.717, 1.165) is 0 Å². The molecule has 1 amide bonds. The lowest BCUT2D eigenvalue weighted by Crippen LogP contribution is -2.24. The van der Waals surface area contributed by atoms with Crippen LogP contribution in [0, 0.1) is 23.7 Å². The molecule has 18 heavy (non-hydrogen) atoms. The van der Waals surface area contributed by atoms with Crippen LogP contribution in [0.3, 0.4) is 0 Å². The van der Waals surface area contributed by atoms with Gasteiger partial charge in [0.2, 0.25) is 5.91 Å². The maximum atomic E-state index is 11.9. The molecule has 3 N–H and O–H groups in total. The van der Waals surface area contributed by atoms with E-state index in [4.69, 9.17) is 5.73 Å². The van der Waals surface area contributed by atoms with Gasteiger partial charge in [-0.05, 0) is 24.0 Å². The van der Waals surface area contributed by atoms with Gasteiger partial charge in [-0.25, -0.2) is 4.98 Å². The number of hydrogen-bond acceptors (Lipinski definition) is 3. The van der Waals surface area contributed by atoms with Crippen LogP contribution in [0.2, 0.25) is 0 Å². The van der Waals surface area contributed by atoms with Crippen LogP contribution >= 0.6 is 0 Å². The molecule has 0 aliphatic rings. The minimum atomic E-state index is -0.0504. The van der Waals surface area contributed by atoms with Crippen molar-refractivity contribution < 1.29 is 4.79 Å². The van der Waals surface area contributed by atoms with E-state index in [2.05, 4.69) is 22.1 Å². The quantitative estimate of drug-likeness (QED) is 0.795. The van der Waals surface area contributed by atoms with E-state index < -0.39 is 0 Å². The third-order valence-corrected chi connectivity index (χ3v) is 2.73. The van der Waals surface area contributed by atoms with Crippen LogP contribution in [0.25, 0.3) is 0 Å². The molecule has 0 saturated heterocycles. The van der Waals surface area contributed by atoms with Crippen LogP contribution < -0.4 is 11.1 Å². The zero-order valence-electron chi connectivity index (χ0n) is 11.0. The van der Waals surface area contributed by atoms with E-state index in [9.17, 15) is 4.79 Å². The lowest BCUT2D eigenvalue weighted by molar-refractivity contribution is -0.120. The number of nitrogens with one attached hydrogen (secondary N) is 1. The second-order valence-corrected chi connectivity index (χ2v) is 4.44. The van der Waals surface area contributed by atoms with Gasteiger partial charge < -0.3 is 11.1 Å². The van der Waals surface area contributed by atoms with E-state index in [1.807, 2.05) is 26.8 Å². The number of pyridine rings is 1. The van der Waals surface area contributed by atoms with E-state index in [1.165, 1.54) is 0 Å². The van der Waals surface area contributed by atoms with Crippen molar-refractivity contribution in [1.82, 2.24) is 4.98 Å². The van der Waals surface area contributed by atoms with Crippen molar-refractivity contribution >= 4 is 11.7 Å². The molecule has 1 unspecified atom stereocenters. The number of amides is 1. The maximum absolute atomic E-state index is 11.9. The smallest absolute Gasteiger partial charge is 0.228 e. The number of anilines is 1. The molecule has 0 aromatic carbocycles. The Balaban J connectivity index is 2.76. The minimum absolute atomic E-state index is 0.0264. The Hall–Kier alpha value is -1.86. The van der Waals surface area contributed by atoms with Crippen molar-refractivity contribution in [3.8, 4) is 11.8 Å². The van der Waals surface area contributed by atoms with Gasteiger partial charge in [0.1, 0.15) is 11.5 Å². The molecule has 0 radical (unpaired) electrons. The van der Waals surface area contributed by atoms with Crippen LogP contribution in [0.15, 0.2) is 18.2 Å². The Labute approximate surface area is 108 Å². The highest BCUT2D eigenvalue weighted by Crippen LogP contribution is 2.13. The molecule has 1 rings (SSSR count). The Kier molecular flexibility index (Phi) is 5.34. The number of nitrogens with zero attached hydrogens (tertiary/aromatic N) is 1. The summed E-state index contributed by atoms with van der Waals surface area (Å²) in [4.78, 5) is 16.1. The normalized spacial score (nSPS) is 11.6. The molecular weight excluding hydrogens is 226 g/mol. The number of carbonyl (C=O) groups excluding carboxylic acids is 1. The van der Waals surface area contributed by atoms with Gasteiger partial charge in [-0.1, -0.05) is 32.8 Å². The van der Waals surface area contributed by atoms with Gasteiger partial charge >= 0.3 is 0 Å². The Morgan fingerprint density at radius 1 is 1.44 bits per heavy atom. The van der Waals surface area contributed by atoms with Gasteiger partial charge in [-0.3, -0.25) is 4.79 Å². The molecule has 1 atom stereocenters. The molecule has 0 fully saturated rings. The first-order chi connectivity index (χ1) is 8.54. The Bertz CT molecular complexity index is 471. The van der Waals surface area contributed by atoms with Gasteiger partial charge in [0.25, 0.3) is 0 Å². The van der Waals surface area contributed by atoms with Crippen molar-refractivity contribution in [2.45, 2.75) is 20.8 Å². The van der Waals surface area contributed by atoms with Crippen LogP contribution in [-0.4, -0.2) is 17.4 Å². The maximum Gasteiger partial charge on any atom is 0.228 e. The summed E-state index contributed by atoms with van der Waals surface area (Å²) in [5, 5.41) is 2.79. The zero-order valence-corrected chi connectivity index (χ0v) is 11.0. The van der Waals surface area contributed by atoms with Gasteiger partial charge in [-0.15, -0.1) is 0 Å². The number of carbonyl (C=O) groups is 1. The zero-order chi connectivity index (χ0) is 13.5. The van der Waals surface area contributed by atoms with Crippen LogP contribution in [0.4, 0.5) is 5.82 Å². The predicted molar refractivity (Wildman–Crippen MR) is 72.8 cm³/mol. The van der Waals surface area contributed by atoms with E-state index in [1.54, 1.807) is 12.1 Å². The van der Waals surface area contributed by atoms with Gasteiger partial charge in [0.15, 0.2) is 0 Å². The first-order valence-corrected chi connectivity index (χ1v) is 6.01. The molecule has 96 valence electrons. The third kappa shape index (κ3) is 4.19. The highest BCUT2D eigenvalue weighted by atomic mass is 16.1. The summed E-state index contributed by atoms with van der Waals surface area (Å²) < 4.78 is 0. The molecule has 0 bridgehead atoms. The molecule has 1 aromatic rings. The summed E-state index contributed by atoms with van der Waals surface area (Å²) in [5.74, 6) is 6.31. The van der Waals surface area contributed by atoms with Crippen molar-refractivity contribution in [3.63, 3.8) is 0 Å². The summed E-state index contributed by atoms with van der Waals surface area (Å²) in [6, 6.07) is 5.34. The van der Waals surface area contributed by atoms with E-state index >= 15 is 0 Å². The number of aromatic nitrogens is 1. The molecular formula is C14H19N3O. The molecule has 4 nitrogen and oxygen atoms in total. The third-order valence-electron chi connectivity index (χ3n) is 2.73. The molecule has 0 saturated carbocycles. The van der Waals surface area contributed by atoms with E-state index in [0.29, 0.717) is 24.0 Å². The lowest BCUT2D eigenvalue weighted by Gasteiger charge is -2.14. The minimum Gasteiger partial charge on any atom is -0.320 e. The standard InChI is InChI=1S/C14H19N3O/c1-10(2)11(3)14(18)17-13-8-4-6-12(16-13)7-5-9-15/h4,6,8,10-11H,9,15H2,1-3H3,(H,16,17,18). The average molecular weight is 245 g/mol. The van der Waals surface area contributed by atoms with Crippen molar-refractivity contribution in [2.24, 2.45) is 17.6 Å². The summed E-state index contributed by atoms with van der Waals surface area (Å²) >= 11 is 0. The second-order valence-electron chi connectivity index (χ2n) is 4.44. The van der Waals surface area contributed by atoms with Crippen molar-refractivity contribution in [2.75, 3.05) is 11.9 Å². The summed E-state index contributed by atoms with van der Waals surface area (Å²) in [7, 11) is 0. The highest BCUT2D eigenvalue weighted by Gasteiger charge is 2.16. The first-order valence-electron chi connectivity index (χ1n) is 6.01. The molecule has 0 spiro atoms. The van der Waals surface area contributed by atoms with Gasteiger partial charge in [0.05, 0.1) is 6.54 Å². The number of nitrogens with two attached hydrogens (primary N) is 1. The first kappa shape index (κ1) is 14.2. The van der Waals surface area contributed by atoms with Crippen LogP contribution in [0.1, 0.15) is 26.5 Å². The van der Waals surface area contributed by atoms with Crippen LogP contribution in [0.5, 0.6) is 0 Å². The number of rotatable bonds is 3. The fourth-order valence-electron chi connectivity index (χ4n) is 1.26. The summed E-state index contributed by atoms with van der Waals surface area (Å²) in [5.41, 5.74) is 5.90. The van der Waals surface area contributed by atoms with Crippen LogP contribution in [-0.2, 0) is 4.79 Å². The van der Waals surface area contributed by atoms with Gasteiger partial charge in [0, 0.05) is 5.92 Å². The number of hydrogen-bond donors (Lipinski definition) is 2. The fourth-order valence-corrected chi connectivity index (χ4v) is 1.26. The lowest BCUT2D eigenvalue weighted by atomic mass is 9.97. The largest absolute Gasteiger partial charge is 0.320 e. The Morgan fingerprint density at radius 2 is 2.17 bits per heavy atom. The predicted octanol–water partition coefficient (Wildman–Crippen LogP) is 1.62. The molecule has 1 heterocycles. The fraction of sp³-hybridized carbons (Fsp3) is 0.429. The Morgan fingerprint density at radius 3 is 2.78 bits per heavy atom. The molecule has 0 aliphatic carbocycles. The second kappa shape index (κ2) is 6.77. The summed E-state index contributed by atoms with van der Waals surface area (Å²) in [6.45, 7) is 6.22. The molecule has 1 aromatic heterocycles. The van der Waals surface area contributed by atoms with Gasteiger partial charge in [-0.2, -0.15) is 0 Å². The van der Waals surface area contributed by atoms with Crippen molar-refractivity contribution in [3.05, 3.63) is 23.9 Å². The SMILES string of the molecule is CC(C)C(C)C(=O)Nc1cccc(C#CCN)n1. The summed E-state index contributed by atoms with van der Waals surface area (Å²) in [6.07, 6.45) is 0. The van der Waals surface area contributed by atoms with Crippen molar-refractivity contribution in [1.29, 1.82) is 0 Å².